The van der Waals surface area contributed by atoms with E-state index in [1.54, 1.807) is 32.2 Å². The average Bonchev–Trinajstić information content (AvgIpc) is 2.26. The molecule has 0 radical (unpaired) electrons. The Labute approximate surface area is 97.3 Å². The third-order valence-corrected chi connectivity index (χ3v) is 2.68. The summed E-state index contributed by atoms with van der Waals surface area (Å²) >= 11 is 5.98. The lowest BCUT2D eigenvalue weighted by Crippen LogP contribution is -2.14. The van der Waals surface area contributed by atoms with Gasteiger partial charge in [-0.2, -0.15) is 0 Å². The Balaban J connectivity index is 2.67. The van der Waals surface area contributed by atoms with Gasteiger partial charge in [-0.25, -0.2) is 4.98 Å². The third-order valence-electron chi connectivity index (χ3n) is 2.38. The Kier molecular flexibility index (Phi) is 2.75. The maximum absolute atomic E-state index is 11.6. The number of nitrogens with zero attached hydrogens (tertiary/aromatic N) is 2. The van der Waals surface area contributed by atoms with Crippen molar-refractivity contribution in [2.75, 3.05) is 0 Å². The molecule has 5 heteroatoms. The molecular weight excluding hydrogens is 226 g/mol. The van der Waals surface area contributed by atoms with Crippen LogP contribution in [0.1, 0.15) is 11.3 Å². The van der Waals surface area contributed by atoms with Crippen molar-refractivity contribution in [1.82, 2.24) is 15.0 Å². The molecule has 0 bridgehead atoms. The van der Waals surface area contributed by atoms with Crippen LogP contribution in [-0.4, -0.2) is 15.0 Å². The molecule has 1 N–H and O–H groups in total. The smallest absolute Gasteiger partial charge is 0.254 e. The molecule has 0 spiro atoms. The molecule has 0 aliphatic carbocycles. The van der Waals surface area contributed by atoms with E-state index in [4.69, 9.17) is 11.6 Å². The van der Waals surface area contributed by atoms with Crippen LogP contribution in [0.4, 0.5) is 0 Å². The highest BCUT2D eigenvalue weighted by Crippen LogP contribution is 2.21. The summed E-state index contributed by atoms with van der Waals surface area (Å²) in [7, 11) is 0. The Morgan fingerprint density at radius 3 is 2.75 bits per heavy atom. The molecule has 0 fully saturated rings. The number of rotatable bonds is 1. The number of nitrogens with one attached hydrogen (secondary N) is 1. The second-order valence-corrected chi connectivity index (χ2v) is 3.87. The Morgan fingerprint density at radius 1 is 1.38 bits per heavy atom. The Morgan fingerprint density at radius 2 is 2.12 bits per heavy atom. The molecule has 0 aromatic carbocycles. The van der Waals surface area contributed by atoms with Gasteiger partial charge >= 0.3 is 0 Å². The van der Waals surface area contributed by atoms with Gasteiger partial charge in [0.1, 0.15) is 5.69 Å². The monoisotopic (exact) mass is 235 g/mol. The summed E-state index contributed by atoms with van der Waals surface area (Å²) in [6.45, 7) is 3.51. The zero-order valence-corrected chi connectivity index (χ0v) is 9.67. The van der Waals surface area contributed by atoms with Gasteiger partial charge in [0.05, 0.1) is 5.02 Å². The molecule has 4 nitrogen and oxygen atoms in total. The first kappa shape index (κ1) is 10.8. The molecule has 2 heterocycles. The van der Waals surface area contributed by atoms with Gasteiger partial charge in [-0.3, -0.25) is 9.78 Å². The molecule has 0 aliphatic rings. The second-order valence-electron chi connectivity index (χ2n) is 3.46. The first-order valence-electron chi connectivity index (χ1n) is 4.78. The standard InChI is InChI=1S/C11H10ClN3O/c1-6-7(2)14-10(15-11(6)16)9-8(12)4-3-5-13-9/h3-5H,1-2H3,(H,14,15,16). The fraction of sp³-hybridized carbons (Fsp3) is 0.182. The van der Waals surface area contributed by atoms with E-state index in [9.17, 15) is 4.79 Å². The van der Waals surface area contributed by atoms with Crippen LogP contribution in [0, 0.1) is 13.8 Å². The molecule has 82 valence electrons. The van der Waals surface area contributed by atoms with Crippen LogP contribution in [0.3, 0.4) is 0 Å². The van der Waals surface area contributed by atoms with E-state index in [0.717, 1.165) is 0 Å². The molecular formula is C11H10ClN3O. The molecule has 2 aromatic heterocycles. The maximum Gasteiger partial charge on any atom is 0.254 e. The zero-order chi connectivity index (χ0) is 11.7. The van der Waals surface area contributed by atoms with Gasteiger partial charge in [0.25, 0.3) is 5.56 Å². The Hall–Kier alpha value is -1.68. The Bertz CT molecular complexity index is 592. The number of aryl methyl sites for hydroxylation is 1. The van der Waals surface area contributed by atoms with Crippen LogP contribution < -0.4 is 5.56 Å². The van der Waals surface area contributed by atoms with Gasteiger partial charge < -0.3 is 4.98 Å². The van der Waals surface area contributed by atoms with E-state index in [0.29, 0.717) is 27.8 Å². The number of H-pyrrole nitrogens is 1. The fourth-order valence-electron chi connectivity index (χ4n) is 1.32. The van der Waals surface area contributed by atoms with Gasteiger partial charge in [-0.1, -0.05) is 11.6 Å². The molecule has 2 aromatic rings. The summed E-state index contributed by atoms with van der Waals surface area (Å²) in [5.74, 6) is 0.402. The van der Waals surface area contributed by atoms with E-state index in [1.807, 2.05) is 0 Å². The second kappa shape index (κ2) is 4.06. The number of aromatic nitrogens is 3. The normalized spacial score (nSPS) is 10.4. The summed E-state index contributed by atoms with van der Waals surface area (Å²) in [5, 5.41) is 0.467. The lowest BCUT2D eigenvalue weighted by atomic mass is 10.2. The quantitative estimate of drug-likeness (QED) is 0.824. The van der Waals surface area contributed by atoms with E-state index in [-0.39, 0.29) is 5.56 Å². The molecule has 0 saturated heterocycles. The van der Waals surface area contributed by atoms with Crippen LogP contribution in [0.5, 0.6) is 0 Å². The average molecular weight is 236 g/mol. The highest BCUT2D eigenvalue weighted by Gasteiger charge is 2.09. The molecule has 0 amide bonds. The summed E-state index contributed by atoms with van der Waals surface area (Å²) in [6.07, 6.45) is 1.61. The van der Waals surface area contributed by atoms with Gasteiger partial charge in [0.15, 0.2) is 5.82 Å². The van der Waals surface area contributed by atoms with Crippen molar-refractivity contribution in [2.45, 2.75) is 13.8 Å². The van der Waals surface area contributed by atoms with E-state index < -0.39 is 0 Å². The fourth-order valence-corrected chi connectivity index (χ4v) is 1.53. The van der Waals surface area contributed by atoms with Crippen LogP contribution >= 0.6 is 11.6 Å². The maximum atomic E-state index is 11.6. The largest absolute Gasteiger partial charge is 0.305 e. The molecule has 2 rings (SSSR count). The van der Waals surface area contributed by atoms with Crippen LogP contribution in [-0.2, 0) is 0 Å². The van der Waals surface area contributed by atoms with Crippen molar-refractivity contribution in [2.24, 2.45) is 0 Å². The molecule has 0 aliphatic heterocycles. The predicted octanol–water partition coefficient (Wildman–Crippen LogP) is 2.10. The molecule has 0 unspecified atom stereocenters. The van der Waals surface area contributed by atoms with Gasteiger partial charge in [0, 0.05) is 17.5 Å². The number of pyridine rings is 1. The highest BCUT2D eigenvalue weighted by molar-refractivity contribution is 6.32. The minimum absolute atomic E-state index is 0.163. The van der Waals surface area contributed by atoms with Crippen molar-refractivity contribution in [3.8, 4) is 11.5 Å². The SMILES string of the molecule is Cc1nc(-c2ncccc2Cl)[nH]c(=O)c1C. The third kappa shape index (κ3) is 1.84. The highest BCUT2D eigenvalue weighted by atomic mass is 35.5. The van der Waals surface area contributed by atoms with Crippen molar-refractivity contribution < 1.29 is 0 Å². The summed E-state index contributed by atoms with van der Waals surface area (Å²) in [4.78, 5) is 22.6. The van der Waals surface area contributed by atoms with Crippen molar-refractivity contribution in [1.29, 1.82) is 0 Å². The van der Waals surface area contributed by atoms with E-state index in [2.05, 4.69) is 15.0 Å². The molecule has 0 saturated carbocycles. The number of aromatic amines is 1. The van der Waals surface area contributed by atoms with Gasteiger partial charge in [-0.05, 0) is 26.0 Å². The first-order valence-corrected chi connectivity index (χ1v) is 5.16. The zero-order valence-electron chi connectivity index (χ0n) is 8.91. The number of hydrogen-bond acceptors (Lipinski definition) is 3. The van der Waals surface area contributed by atoms with Crippen LogP contribution in [0.15, 0.2) is 23.1 Å². The summed E-state index contributed by atoms with van der Waals surface area (Å²) < 4.78 is 0. The van der Waals surface area contributed by atoms with Crippen LogP contribution in [0.2, 0.25) is 5.02 Å². The van der Waals surface area contributed by atoms with Crippen molar-refractivity contribution >= 4 is 11.6 Å². The van der Waals surface area contributed by atoms with E-state index >= 15 is 0 Å². The summed E-state index contributed by atoms with van der Waals surface area (Å²) in [6, 6.07) is 3.43. The molecule has 16 heavy (non-hydrogen) atoms. The predicted molar refractivity (Wildman–Crippen MR) is 62.6 cm³/mol. The summed E-state index contributed by atoms with van der Waals surface area (Å²) in [5.41, 5.74) is 1.62. The van der Waals surface area contributed by atoms with Gasteiger partial charge in [0.2, 0.25) is 0 Å². The van der Waals surface area contributed by atoms with Crippen LogP contribution in [0.25, 0.3) is 11.5 Å². The topological polar surface area (TPSA) is 58.6 Å². The minimum atomic E-state index is -0.163. The van der Waals surface area contributed by atoms with Gasteiger partial charge in [-0.15, -0.1) is 0 Å². The van der Waals surface area contributed by atoms with Crippen molar-refractivity contribution in [3.63, 3.8) is 0 Å². The molecule has 0 atom stereocenters. The van der Waals surface area contributed by atoms with E-state index in [1.165, 1.54) is 0 Å². The lowest BCUT2D eigenvalue weighted by Gasteiger charge is -2.04. The number of halogens is 1. The minimum Gasteiger partial charge on any atom is -0.305 e. The first-order chi connectivity index (χ1) is 7.59. The number of hydrogen-bond donors (Lipinski definition) is 1. The lowest BCUT2D eigenvalue weighted by molar-refractivity contribution is 1.02. The van der Waals surface area contributed by atoms with Crippen molar-refractivity contribution in [3.05, 3.63) is 45.0 Å².